The van der Waals surface area contributed by atoms with E-state index < -0.39 is 23.6 Å². The molecule has 0 spiro atoms. The fraction of sp³-hybridized carbons (Fsp3) is 0.0909. The van der Waals surface area contributed by atoms with Crippen LogP contribution in [0.4, 0.5) is 5.69 Å². The molecule has 140 valence electrons. The van der Waals surface area contributed by atoms with Crippen molar-refractivity contribution in [3.05, 3.63) is 76.3 Å². The number of benzene rings is 3. The monoisotopic (exact) mass is 382 g/mol. The first-order chi connectivity index (χ1) is 13.9. The molecule has 6 nitrogen and oxygen atoms in total. The maximum atomic E-state index is 13.2. The molecule has 2 heterocycles. The summed E-state index contributed by atoms with van der Waals surface area (Å²) in [5, 5.41) is 0.766. The van der Waals surface area contributed by atoms with E-state index in [2.05, 4.69) is 0 Å². The number of anilines is 1. The Bertz CT molecular complexity index is 1210. The van der Waals surface area contributed by atoms with Crippen LogP contribution in [0.15, 0.2) is 48.5 Å². The van der Waals surface area contributed by atoms with Crippen LogP contribution in [-0.4, -0.2) is 43.4 Å². The van der Waals surface area contributed by atoms with E-state index in [0.717, 1.165) is 21.7 Å². The lowest BCUT2D eigenvalue weighted by Crippen LogP contribution is -2.42. The maximum Gasteiger partial charge on any atom is 0.265 e. The first-order valence-corrected chi connectivity index (χ1v) is 9.34. The Labute approximate surface area is 167 Å². The van der Waals surface area contributed by atoms with Gasteiger partial charge in [-0.3, -0.25) is 24.1 Å². The van der Waals surface area contributed by atoms with Crippen molar-refractivity contribution in [3.63, 3.8) is 0 Å². The highest BCUT2D eigenvalue weighted by Crippen LogP contribution is 2.38. The minimum absolute atomic E-state index is 0.310. The van der Waals surface area contributed by atoms with Crippen LogP contribution in [0.5, 0.6) is 0 Å². The number of hydrogen-bond donors (Lipinski definition) is 0. The maximum absolute atomic E-state index is 13.2. The van der Waals surface area contributed by atoms with E-state index in [1.807, 2.05) is 20.0 Å². The zero-order valence-electron chi connectivity index (χ0n) is 15.9. The number of imide groups is 2. The van der Waals surface area contributed by atoms with Gasteiger partial charge >= 0.3 is 0 Å². The molecule has 0 N–H and O–H groups in total. The summed E-state index contributed by atoms with van der Waals surface area (Å²) in [5.74, 6) is -1.81. The molecule has 5 rings (SSSR count). The van der Waals surface area contributed by atoms with Crippen LogP contribution in [0, 0.1) is 0 Å². The van der Waals surface area contributed by atoms with Gasteiger partial charge in [-0.25, -0.2) is 4.90 Å². The first-order valence-electron chi connectivity index (χ1n) is 9.34. The molecular formula is C22H15BN2O4. The van der Waals surface area contributed by atoms with E-state index in [-0.39, 0.29) is 0 Å². The van der Waals surface area contributed by atoms with Crippen LogP contribution < -0.4 is 4.90 Å². The van der Waals surface area contributed by atoms with Gasteiger partial charge in [0.2, 0.25) is 0 Å². The molecule has 3 aromatic rings. The number of rotatable bonds is 2. The summed E-state index contributed by atoms with van der Waals surface area (Å²) in [5.41, 5.74) is 2.86. The highest BCUT2D eigenvalue weighted by molar-refractivity contribution is 6.39. The van der Waals surface area contributed by atoms with Crippen molar-refractivity contribution in [2.24, 2.45) is 0 Å². The summed E-state index contributed by atoms with van der Waals surface area (Å²) in [4.78, 5) is 53.9. The summed E-state index contributed by atoms with van der Waals surface area (Å²) in [7, 11) is 3.45. The average Bonchev–Trinajstić information content (AvgIpc) is 2.75. The molecule has 0 atom stereocenters. The molecule has 2 aliphatic rings. The fourth-order valence-corrected chi connectivity index (χ4v) is 4.11. The number of nitrogens with zero attached hydrogens (tertiary/aromatic N) is 2. The lowest BCUT2D eigenvalue weighted by molar-refractivity contribution is 0.0649. The standard InChI is InChI=1S/C22H15BN2O4/c1-24-19(26)13-6-8-15-18-16(9-7-14(17(13)18)20(24)27)22(29)25(21(15)28)12-4-2-11(10-23)3-5-12/h2-9H,10,23H2,1H3. The van der Waals surface area contributed by atoms with Crippen molar-refractivity contribution in [1.82, 2.24) is 4.90 Å². The van der Waals surface area contributed by atoms with Crippen LogP contribution in [0.1, 0.15) is 47.0 Å². The minimum atomic E-state index is -0.464. The van der Waals surface area contributed by atoms with Crippen LogP contribution >= 0.6 is 0 Å². The van der Waals surface area contributed by atoms with Gasteiger partial charge in [0.05, 0.1) is 5.69 Å². The van der Waals surface area contributed by atoms with E-state index in [1.165, 1.54) is 7.05 Å². The molecule has 2 aliphatic heterocycles. The van der Waals surface area contributed by atoms with Crippen LogP contribution in [-0.2, 0) is 6.32 Å². The second-order valence-electron chi connectivity index (χ2n) is 7.21. The highest BCUT2D eigenvalue weighted by atomic mass is 16.2. The van der Waals surface area contributed by atoms with Crippen molar-refractivity contribution in [2.45, 2.75) is 6.32 Å². The second kappa shape index (κ2) is 5.88. The molecule has 0 saturated carbocycles. The third kappa shape index (κ3) is 2.18. The summed E-state index contributed by atoms with van der Waals surface area (Å²) in [6.07, 6.45) is 0.854. The largest absolute Gasteiger partial charge is 0.277 e. The Kier molecular flexibility index (Phi) is 3.52. The number of hydrogen-bond acceptors (Lipinski definition) is 4. The predicted octanol–water partition coefficient (Wildman–Crippen LogP) is 2.00. The molecule has 7 heteroatoms. The fourth-order valence-electron chi connectivity index (χ4n) is 4.11. The van der Waals surface area contributed by atoms with E-state index in [9.17, 15) is 19.2 Å². The highest BCUT2D eigenvalue weighted by Gasteiger charge is 2.39. The van der Waals surface area contributed by atoms with Gasteiger partial charge in [-0.1, -0.05) is 24.0 Å². The van der Waals surface area contributed by atoms with Crippen molar-refractivity contribution >= 4 is 47.9 Å². The molecular weight excluding hydrogens is 367 g/mol. The zero-order valence-corrected chi connectivity index (χ0v) is 15.9. The van der Waals surface area contributed by atoms with Crippen LogP contribution in [0.3, 0.4) is 0 Å². The topological polar surface area (TPSA) is 74.8 Å². The zero-order chi connectivity index (χ0) is 20.4. The Morgan fingerprint density at radius 1 is 0.655 bits per heavy atom. The smallest absolute Gasteiger partial charge is 0.265 e. The van der Waals surface area contributed by atoms with Gasteiger partial charge in [-0.05, 0) is 36.4 Å². The second-order valence-corrected chi connectivity index (χ2v) is 7.21. The van der Waals surface area contributed by atoms with Crippen molar-refractivity contribution in [2.75, 3.05) is 11.9 Å². The molecule has 4 amide bonds. The molecule has 29 heavy (non-hydrogen) atoms. The predicted molar refractivity (Wildman–Crippen MR) is 110 cm³/mol. The lowest BCUT2D eigenvalue weighted by atomic mass is 9.86. The van der Waals surface area contributed by atoms with Crippen LogP contribution in [0.25, 0.3) is 10.8 Å². The minimum Gasteiger partial charge on any atom is -0.277 e. The Balaban J connectivity index is 1.76. The quantitative estimate of drug-likeness (QED) is 0.502. The van der Waals surface area contributed by atoms with Crippen molar-refractivity contribution in [1.29, 1.82) is 0 Å². The van der Waals surface area contributed by atoms with Gasteiger partial charge in [-0.2, -0.15) is 0 Å². The summed E-state index contributed by atoms with van der Waals surface area (Å²) in [6.45, 7) is 0. The number of carbonyl (C=O) groups is 4. The third-order valence-corrected chi connectivity index (χ3v) is 5.70. The van der Waals surface area contributed by atoms with Crippen molar-refractivity contribution < 1.29 is 19.2 Å². The third-order valence-electron chi connectivity index (χ3n) is 5.70. The molecule has 0 aromatic heterocycles. The molecule has 0 bridgehead atoms. The number of amides is 4. The Hall–Kier alpha value is -3.74. The van der Waals surface area contributed by atoms with Gasteiger partial charge in [-0.15, -0.1) is 0 Å². The molecule has 0 saturated heterocycles. The molecule has 0 unspecified atom stereocenters. The van der Waals surface area contributed by atoms with E-state index in [0.29, 0.717) is 38.7 Å². The molecule has 0 fully saturated rings. The lowest BCUT2D eigenvalue weighted by Gasteiger charge is -2.30. The average molecular weight is 382 g/mol. The van der Waals surface area contributed by atoms with Gasteiger partial charge in [0.15, 0.2) is 0 Å². The van der Waals surface area contributed by atoms with E-state index in [4.69, 9.17) is 0 Å². The van der Waals surface area contributed by atoms with Gasteiger partial charge < -0.3 is 0 Å². The molecule has 0 radical (unpaired) electrons. The van der Waals surface area contributed by atoms with E-state index >= 15 is 0 Å². The Morgan fingerprint density at radius 3 is 1.48 bits per heavy atom. The molecule has 3 aromatic carbocycles. The Morgan fingerprint density at radius 2 is 1.07 bits per heavy atom. The summed E-state index contributed by atoms with van der Waals surface area (Å²) >= 11 is 0. The summed E-state index contributed by atoms with van der Waals surface area (Å²) < 4.78 is 0. The van der Waals surface area contributed by atoms with Crippen molar-refractivity contribution in [3.8, 4) is 0 Å². The van der Waals surface area contributed by atoms with Crippen LogP contribution in [0.2, 0.25) is 0 Å². The number of carbonyl (C=O) groups excluding carboxylic acids is 4. The van der Waals surface area contributed by atoms with E-state index in [1.54, 1.807) is 36.4 Å². The van der Waals surface area contributed by atoms with Gasteiger partial charge in [0.1, 0.15) is 7.85 Å². The normalized spacial score (nSPS) is 15.5. The molecule has 0 aliphatic carbocycles. The summed E-state index contributed by atoms with van der Waals surface area (Å²) in [6, 6.07) is 13.5. The van der Waals surface area contributed by atoms with Gasteiger partial charge in [0, 0.05) is 40.1 Å². The first kappa shape index (κ1) is 17.4. The SMILES string of the molecule is BCc1ccc(N2C(=O)c3ccc4c5c(ccc(c35)C2=O)C(=O)N(C)C4=O)cc1. The van der Waals surface area contributed by atoms with Gasteiger partial charge in [0.25, 0.3) is 23.6 Å².